The lowest BCUT2D eigenvalue weighted by atomic mass is 10.1. The van der Waals surface area contributed by atoms with Gasteiger partial charge < -0.3 is 4.74 Å². The Hall–Kier alpha value is -1.35. The Bertz CT molecular complexity index is 487. The van der Waals surface area contributed by atoms with Crippen LogP contribution in [0.4, 0.5) is 0 Å². The van der Waals surface area contributed by atoms with Crippen LogP contribution in [0.3, 0.4) is 0 Å². The number of hydrogen-bond donors (Lipinski definition) is 0. The Labute approximate surface area is 92.5 Å². The van der Waals surface area contributed by atoms with E-state index in [2.05, 4.69) is 17.5 Å². The van der Waals surface area contributed by atoms with Crippen LogP contribution >= 0.6 is 11.3 Å². The van der Waals surface area contributed by atoms with Crippen LogP contribution in [0.5, 0.6) is 0 Å². The van der Waals surface area contributed by atoms with Crippen molar-refractivity contribution in [1.82, 2.24) is 0 Å². The first-order valence-electron chi connectivity index (χ1n) is 4.82. The lowest BCUT2D eigenvalue weighted by Crippen LogP contribution is -2.04. The van der Waals surface area contributed by atoms with Crippen LogP contribution in [0, 0.1) is 0 Å². The Morgan fingerprint density at radius 3 is 2.93 bits per heavy atom. The van der Waals surface area contributed by atoms with Crippen molar-refractivity contribution >= 4 is 27.4 Å². The lowest BCUT2D eigenvalue weighted by molar-refractivity contribution is -0.145. The summed E-state index contributed by atoms with van der Waals surface area (Å²) < 4.78 is 6.38. The third-order valence-electron chi connectivity index (χ3n) is 2.29. The van der Waals surface area contributed by atoms with Crippen LogP contribution in [-0.4, -0.2) is 5.97 Å². The van der Waals surface area contributed by atoms with Gasteiger partial charge in [-0.3, -0.25) is 4.79 Å². The maximum atomic E-state index is 10.9. The predicted molar refractivity (Wildman–Crippen MR) is 62.0 cm³/mol. The van der Waals surface area contributed by atoms with Gasteiger partial charge in [0.25, 0.3) is 0 Å². The van der Waals surface area contributed by atoms with Crippen molar-refractivity contribution in [2.45, 2.75) is 20.0 Å². The third-order valence-corrected chi connectivity index (χ3v) is 3.27. The summed E-state index contributed by atoms with van der Waals surface area (Å²) in [5.74, 6) is -0.240. The highest BCUT2D eigenvalue weighted by atomic mass is 32.1. The highest BCUT2D eigenvalue weighted by Gasteiger charge is 2.12. The minimum atomic E-state index is -0.240. The first-order valence-corrected chi connectivity index (χ1v) is 5.70. The van der Waals surface area contributed by atoms with Crippen molar-refractivity contribution in [2.24, 2.45) is 0 Å². The minimum absolute atomic E-state index is 0.176. The molecule has 15 heavy (non-hydrogen) atoms. The average molecular weight is 220 g/mol. The maximum absolute atomic E-state index is 10.9. The Balaban J connectivity index is 2.42. The van der Waals surface area contributed by atoms with Crippen molar-refractivity contribution in [2.75, 3.05) is 0 Å². The standard InChI is InChI=1S/C12H12O2S/c1-8(14-9(2)13)11-5-3-4-10-6-7-15-12(10)11/h3-8H,1-2H3. The molecule has 0 aliphatic carbocycles. The van der Waals surface area contributed by atoms with E-state index in [1.807, 2.05) is 19.1 Å². The molecule has 0 aliphatic rings. The zero-order chi connectivity index (χ0) is 10.8. The highest BCUT2D eigenvalue weighted by Crippen LogP contribution is 2.30. The number of hydrogen-bond acceptors (Lipinski definition) is 3. The fraction of sp³-hybridized carbons (Fsp3) is 0.250. The maximum Gasteiger partial charge on any atom is 0.303 e. The van der Waals surface area contributed by atoms with Crippen molar-refractivity contribution in [3.63, 3.8) is 0 Å². The molecule has 1 heterocycles. The van der Waals surface area contributed by atoms with Crippen LogP contribution in [0.2, 0.25) is 0 Å². The van der Waals surface area contributed by atoms with Crippen molar-refractivity contribution in [1.29, 1.82) is 0 Å². The van der Waals surface area contributed by atoms with Crippen LogP contribution in [-0.2, 0) is 9.53 Å². The van der Waals surface area contributed by atoms with Gasteiger partial charge in [-0.2, -0.15) is 0 Å². The van der Waals surface area contributed by atoms with Crippen molar-refractivity contribution < 1.29 is 9.53 Å². The summed E-state index contributed by atoms with van der Waals surface area (Å²) in [5, 5.41) is 3.26. The number of carbonyl (C=O) groups is 1. The van der Waals surface area contributed by atoms with Gasteiger partial charge in [-0.25, -0.2) is 0 Å². The first kappa shape index (κ1) is 10.2. The largest absolute Gasteiger partial charge is 0.458 e. The molecule has 0 amide bonds. The molecular formula is C12H12O2S. The second-order valence-electron chi connectivity index (χ2n) is 3.44. The van der Waals surface area contributed by atoms with Gasteiger partial charge >= 0.3 is 5.97 Å². The number of carbonyl (C=O) groups excluding carboxylic acids is 1. The highest BCUT2D eigenvalue weighted by molar-refractivity contribution is 7.17. The first-order chi connectivity index (χ1) is 7.18. The van der Waals surface area contributed by atoms with Gasteiger partial charge in [0, 0.05) is 17.2 Å². The molecule has 0 aliphatic heterocycles. The molecule has 0 fully saturated rings. The molecule has 1 aromatic carbocycles. The molecule has 2 rings (SSSR count). The zero-order valence-corrected chi connectivity index (χ0v) is 9.51. The summed E-state index contributed by atoms with van der Waals surface area (Å²) in [5.41, 5.74) is 1.08. The second kappa shape index (κ2) is 4.03. The predicted octanol–water partition coefficient (Wildman–Crippen LogP) is 3.53. The molecule has 78 valence electrons. The number of esters is 1. The van der Waals surface area contributed by atoms with Crippen LogP contribution in [0.15, 0.2) is 29.6 Å². The Morgan fingerprint density at radius 2 is 2.20 bits per heavy atom. The van der Waals surface area contributed by atoms with Crippen LogP contribution in [0.25, 0.3) is 10.1 Å². The molecule has 3 heteroatoms. The van der Waals surface area contributed by atoms with Gasteiger partial charge in [-0.05, 0) is 23.8 Å². The van der Waals surface area contributed by atoms with Gasteiger partial charge in [0.1, 0.15) is 6.10 Å². The average Bonchev–Trinajstić information content (AvgIpc) is 2.63. The van der Waals surface area contributed by atoms with Crippen molar-refractivity contribution in [3.05, 3.63) is 35.2 Å². The molecule has 0 radical (unpaired) electrons. The fourth-order valence-electron chi connectivity index (χ4n) is 1.65. The number of thiophene rings is 1. The van der Waals surface area contributed by atoms with Gasteiger partial charge in [-0.15, -0.1) is 11.3 Å². The van der Waals surface area contributed by atoms with E-state index in [-0.39, 0.29) is 12.1 Å². The molecule has 0 N–H and O–H groups in total. The van der Waals surface area contributed by atoms with E-state index in [9.17, 15) is 4.79 Å². The lowest BCUT2D eigenvalue weighted by Gasteiger charge is -2.12. The molecule has 0 spiro atoms. The summed E-state index contributed by atoms with van der Waals surface area (Å²) in [4.78, 5) is 10.9. The smallest absolute Gasteiger partial charge is 0.303 e. The quantitative estimate of drug-likeness (QED) is 0.724. The summed E-state index contributed by atoms with van der Waals surface area (Å²) in [6.45, 7) is 3.33. The molecule has 2 nitrogen and oxygen atoms in total. The van der Waals surface area contributed by atoms with Gasteiger partial charge in [-0.1, -0.05) is 18.2 Å². The van der Waals surface area contributed by atoms with E-state index < -0.39 is 0 Å². The number of ether oxygens (including phenoxy) is 1. The number of rotatable bonds is 2. The van der Waals surface area contributed by atoms with E-state index >= 15 is 0 Å². The molecule has 1 aromatic heterocycles. The molecule has 0 bridgehead atoms. The van der Waals surface area contributed by atoms with E-state index in [0.29, 0.717) is 0 Å². The zero-order valence-electron chi connectivity index (χ0n) is 8.69. The van der Waals surface area contributed by atoms with Gasteiger partial charge in [0.05, 0.1) is 0 Å². The van der Waals surface area contributed by atoms with E-state index in [1.54, 1.807) is 11.3 Å². The molecule has 2 aromatic rings. The van der Waals surface area contributed by atoms with E-state index in [0.717, 1.165) is 5.56 Å². The molecule has 1 unspecified atom stereocenters. The Kier molecular flexibility index (Phi) is 2.73. The summed E-state index contributed by atoms with van der Waals surface area (Å²) in [7, 11) is 0. The third kappa shape index (κ3) is 2.02. The number of benzene rings is 1. The Morgan fingerprint density at radius 1 is 1.40 bits per heavy atom. The van der Waals surface area contributed by atoms with Crippen LogP contribution < -0.4 is 0 Å². The number of fused-ring (bicyclic) bond motifs is 1. The molecule has 0 saturated carbocycles. The normalized spacial score (nSPS) is 12.7. The van der Waals surface area contributed by atoms with Gasteiger partial charge in [0.2, 0.25) is 0 Å². The van der Waals surface area contributed by atoms with Crippen molar-refractivity contribution in [3.8, 4) is 0 Å². The van der Waals surface area contributed by atoms with Crippen LogP contribution in [0.1, 0.15) is 25.5 Å². The molecule has 0 saturated heterocycles. The van der Waals surface area contributed by atoms with E-state index in [1.165, 1.54) is 17.0 Å². The monoisotopic (exact) mass is 220 g/mol. The van der Waals surface area contributed by atoms with Gasteiger partial charge in [0.15, 0.2) is 0 Å². The summed E-state index contributed by atoms with van der Waals surface area (Å²) in [6, 6.07) is 8.14. The fourth-order valence-corrected chi connectivity index (χ4v) is 2.64. The second-order valence-corrected chi connectivity index (χ2v) is 4.35. The summed E-state index contributed by atoms with van der Waals surface area (Å²) >= 11 is 1.68. The SMILES string of the molecule is CC(=O)OC(C)c1cccc2ccsc12. The topological polar surface area (TPSA) is 26.3 Å². The molecular weight excluding hydrogens is 208 g/mol. The minimum Gasteiger partial charge on any atom is -0.458 e. The van der Waals surface area contributed by atoms with E-state index in [4.69, 9.17) is 4.74 Å². The summed E-state index contributed by atoms with van der Waals surface area (Å²) in [6.07, 6.45) is -0.176. The molecule has 1 atom stereocenters.